The number of aliphatic imine (C=N–C) groups is 1. The molecule has 0 saturated carbocycles. The minimum Gasteiger partial charge on any atom is -0.506 e. The molecule has 1 aliphatic rings. The Morgan fingerprint density at radius 3 is 2.81 bits per heavy atom. The van der Waals surface area contributed by atoms with Crippen molar-refractivity contribution >= 4 is 27.9 Å². The molecule has 0 spiro atoms. The summed E-state index contributed by atoms with van der Waals surface area (Å²) in [5.41, 5.74) is 1.90. The molecule has 0 aliphatic carbocycles. The van der Waals surface area contributed by atoms with Gasteiger partial charge in [0.25, 0.3) is 0 Å². The number of phenols is 1. The van der Waals surface area contributed by atoms with Gasteiger partial charge in [0.15, 0.2) is 10.9 Å². The molecule has 0 amide bonds. The SMILES string of the molecule is CN=C(NCc1cn2ccsc2n1)N1CCN(c2ccccc2O)CC1. The summed E-state index contributed by atoms with van der Waals surface area (Å²) in [7, 11) is 1.81. The van der Waals surface area contributed by atoms with E-state index >= 15 is 0 Å². The molecular weight excluding hydrogens is 348 g/mol. The van der Waals surface area contributed by atoms with Crippen molar-refractivity contribution < 1.29 is 5.11 Å². The van der Waals surface area contributed by atoms with Gasteiger partial charge >= 0.3 is 0 Å². The second-order valence-corrected chi connectivity index (χ2v) is 7.06. The molecule has 1 aromatic carbocycles. The van der Waals surface area contributed by atoms with Crippen LogP contribution < -0.4 is 10.2 Å². The lowest BCUT2D eigenvalue weighted by Gasteiger charge is -2.37. The number of aromatic nitrogens is 2. The van der Waals surface area contributed by atoms with Crippen molar-refractivity contribution in [1.29, 1.82) is 0 Å². The van der Waals surface area contributed by atoms with E-state index in [-0.39, 0.29) is 0 Å². The molecule has 2 N–H and O–H groups in total. The standard InChI is InChI=1S/C18H22N6OS/c1-19-17(20-12-14-13-24-10-11-26-18(24)21-14)23-8-6-22(7-9-23)15-4-2-3-5-16(15)25/h2-5,10-11,13,25H,6-9,12H2,1H3,(H,19,20). The van der Waals surface area contributed by atoms with Crippen LogP contribution in [0.1, 0.15) is 5.69 Å². The highest BCUT2D eigenvalue weighted by Crippen LogP contribution is 2.27. The average molecular weight is 370 g/mol. The van der Waals surface area contributed by atoms with E-state index in [1.54, 1.807) is 17.4 Å². The topological polar surface area (TPSA) is 68.4 Å². The number of hydrogen-bond donors (Lipinski definition) is 2. The van der Waals surface area contributed by atoms with Crippen molar-refractivity contribution in [3.05, 3.63) is 47.7 Å². The number of imidazole rings is 1. The highest BCUT2D eigenvalue weighted by Gasteiger charge is 2.21. The number of phenolic OH excluding ortho intramolecular Hbond substituents is 1. The monoisotopic (exact) mass is 370 g/mol. The number of rotatable bonds is 3. The number of hydrogen-bond acceptors (Lipinski definition) is 5. The van der Waals surface area contributed by atoms with Crippen LogP contribution in [0, 0.1) is 0 Å². The van der Waals surface area contributed by atoms with Crippen LogP contribution in [-0.2, 0) is 6.54 Å². The van der Waals surface area contributed by atoms with E-state index in [2.05, 4.69) is 25.1 Å². The van der Waals surface area contributed by atoms with E-state index in [9.17, 15) is 5.11 Å². The summed E-state index contributed by atoms with van der Waals surface area (Å²) in [6, 6.07) is 7.50. The molecular formula is C18H22N6OS. The third-order valence-electron chi connectivity index (χ3n) is 4.58. The second-order valence-electron chi connectivity index (χ2n) is 6.19. The van der Waals surface area contributed by atoms with Crippen LogP contribution in [0.4, 0.5) is 5.69 Å². The Morgan fingerprint density at radius 2 is 2.08 bits per heavy atom. The Balaban J connectivity index is 1.35. The molecule has 0 bridgehead atoms. The average Bonchev–Trinajstić information content (AvgIpc) is 3.25. The minimum absolute atomic E-state index is 0.336. The van der Waals surface area contributed by atoms with E-state index in [1.807, 2.05) is 47.4 Å². The number of thiazole rings is 1. The maximum Gasteiger partial charge on any atom is 0.194 e. The van der Waals surface area contributed by atoms with Gasteiger partial charge < -0.3 is 20.2 Å². The number of benzene rings is 1. The quantitative estimate of drug-likeness (QED) is 0.545. The lowest BCUT2D eigenvalue weighted by atomic mass is 10.2. The van der Waals surface area contributed by atoms with Gasteiger partial charge in [0.1, 0.15) is 5.75 Å². The molecule has 4 rings (SSSR count). The fraction of sp³-hybridized carbons (Fsp3) is 0.333. The molecule has 7 nitrogen and oxygen atoms in total. The van der Waals surface area contributed by atoms with Crippen molar-refractivity contribution in [2.75, 3.05) is 38.1 Å². The summed E-state index contributed by atoms with van der Waals surface area (Å²) < 4.78 is 2.04. The van der Waals surface area contributed by atoms with Crippen molar-refractivity contribution in [2.45, 2.75) is 6.54 Å². The minimum atomic E-state index is 0.336. The molecule has 0 radical (unpaired) electrons. The number of anilines is 1. The van der Waals surface area contributed by atoms with E-state index in [1.165, 1.54) is 0 Å². The first kappa shape index (κ1) is 16.7. The first-order chi connectivity index (χ1) is 12.7. The maximum absolute atomic E-state index is 10.0. The Morgan fingerprint density at radius 1 is 1.27 bits per heavy atom. The van der Waals surface area contributed by atoms with Gasteiger partial charge in [-0.05, 0) is 12.1 Å². The fourth-order valence-electron chi connectivity index (χ4n) is 3.25. The summed E-state index contributed by atoms with van der Waals surface area (Å²) >= 11 is 1.63. The van der Waals surface area contributed by atoms with Gasteiger partial charge in [0, 0.05) is 51.0 Å². The third kappa shape index (κ3) is 3.32. The molecule has 3 heterocycles. The van der Waals surface area contributed by atoms with Gasteiger partial charge in [-0.25, -0.2) is 4.98 Å². The van der Waals surface area contributed by atoms with E-state index < -0.39 is 0 Å². The molecule has 3 aromatic rings. The molecule has 26 heavy (non-hydrogen) atoms. The molecule has 0 atom stereocenters. The van der Waals surface area contributed by atoms with E-state index in [4.69, 9.17) is 0 Å². The summed E-state index contributed by atoms with van der Waals surface area (Å²) in [5.74, 6) is 1.22. The number of nitrogens with one attached hydrogen (secondary N) is 1. The van der Waals surface area contributed by atoms with Gasteiger partial charge in [0.05, 0.1) is 17.9 Å². The van der Waals surface area contributed by atoms with Gasteiger partial charge in [-0.3, -0.25) is 9.39 Å². The van der Waals surface area contributed by atoms with Crippen molar-refractivity contribution in [3.8, 4) is 5.75 Å². The highest BCUT2D eigenvalue weighted by atomic mass is 32.1. The number of aromatic hydroxyl groups is 1. The van der Waals surface area contributed by atoms with Gasteiger partial charge in [-0.1, -0.05) is 12.1 Å². The molecule has 8 heteroatoms. The number of para-hydroxylation sites is 2. The van der Waals surface area contributed by atoms with Gasteiger partial charge in [0.2, 0.25) is 0 Å². The van der Waals surface area contributed by atoms with E-state index in [0.29, 0.717) is 12.3 Å². The summed E-state index contributed by atoms with van der Waals surface area (Å²) in [4.78, 5) is 14.5. The normalized spacial score (nSPS) is 15.7. The van der Waals surface area contributed by atoms with Crippen LogP contribution in [0.15, 0.2) is 47.0 Å². The molecule has 2 aromatic heterocycles. The van der Waals surface area contributed by atoms with Crippen LogP contribution in [0.25, 0.3) is 4.96 Å². The zero-order valence-corrected chi connectivity index (χ0v) is 15.5. The largest absolute Gasteiger partial charge is 0.506 e. The van der Waals surface area contributed by atoms with Gasteiger partial charge in [-0.15, -0.1) is 11.3 Å². The molecule has 0 unspecified atom stereocenters. The van der Waals surface area contributed by atoms with Crippen molar-refractivity contribution in [3.63, 3.8) is 0 Å². The summed E-state index contributed by atoms with van der Waals surface area (Å²) in [6.45, 7) is 4.05. The molecule has 1 saturated heterocycles. The van der Waals surface area contributed by atoms with Crippen molar-refractivity contribution in [1.82, 2.24) is 19.6 Å². The first-order valence-corrected chi connectivity index (χ1v) is 9.52. The van der Waals surface area contributed by atoms with Crippen LogP contribution in [0.3, 0.4) is 0 Å². The summed E-state index contributed by atoms with van der Waals surface area (Å²) in [5, 5.41) is 15.5. The Bertz CT molecular complexity index is 881. The smallest absolute Gasteiger partial charge is 0.194 e. The third-order valence-corrected chi connectivity index (χ3v) is 5.35. The highest BCUT2D eigenvalue weighted by molar-refractivity contribution is 7.15. The number of piperazine rings is 1. The van der Waals surface area contributed by atoms with E-state index in [0.717, 1.165) is 48.5 Å². The Hall–Kier alpha value is -2.74. The predicted molar refractivity (Wildman–Crippen MR) is 105 cm³/mol. The van der Waals surface area contributed by atoms with Crippen LogP contribution in [0.5, 0.6) is 5.75 Å². The summed E-state index contributed by atoms with van der Waals surface area (Å²) in [6.07, 6.45) is 4.06. The zero-order chi connectivity index (χ0) is 17.9. The second kappa shape index (κ2) is 7.25. The molecule has 136 valence electrons. The van der Waals surface area contributed by atoms with Crippen LogP contribution in [-0.4, -0.2) is 58.6 Å². The lowest BCUT2D eigenvalue weighted by Crippen LogP contribution is -2.52. The fourth-order valence-corrected chi connectivity index (χ4v) is 3.97. The Kier molecular flexibility index (Phi) is 4.66. The first-order valence-electron chi connectivity index (χ1n) is 8.64. The predicted octanol–water partition coefficient (Wildman–Crippen LogP) is 2.00. The molecule has 1 aliphatic heterocycles. The zero-order valence-electron chi connectivity index (χ0n) is 14.7. The molecule has 1 fully saturated rings. The lowest BCUT2D eigenvalue weighted by molar-refractivity contribution is 0.369. The maximum atomic E-state index is 10.0. The van der Waals surface area contributed by atoms with Crippen LogP contribution in [0.2, 0.25) is 0 Å². The van der Waals surface area contributed by atoms with Gasteiger partial charge in [-0.2, -0.15) is 0 Å². The van der Waals surface area contributed by atoms with Crippen molar-refractivity contribution in [2.24, 2.45) is 4.99 Å². The number of nitrogens with zero attached hydrogens (tertiary/aromatic N) is 5. The number of guanidine groups is 1. The van der Waals surface area contributed by atoms with Crippen LogP contribution >= 0.6 is 11.3 Å². The Labute approximate surface area is 156 Å². The number of fused-ring (bicyclic) bond motifs is 1.